The van der Waals surface area contributed by atoms with Gasteiger partial charge in [-0.25, -0.2) is 4.39 Å². The predicted molar refractivity (Wildman–Crippen MR) is 60.4 cm³/mol. The second kappa shape index (κ2) is 4.13. The van der Waals surface area contributed by atoms with Gasteiger partial charge in [0, 0.05) is 10.4 Å². The summed E-state index contributed by atoms with van der Waals surface area (Å²) in [6, 6.07) is 6.95. The fourth-order valence-electron chi connectivity index (χ4n) is 1.41. The number of aryl methyl sites for hydroxylation is 1. The van der Waals surface area contributed by atoms with E-state index in [0.717, 1.165) is 10.4 Å². The smallest absolute Gasteiger partial charge is 0.129 e. The van der Waals surface area contributed by atoms with Crippen LogP contribution in [-0.4, -0.2) is 5.11 Å². The van der Waals surface area contributed by atoms with Gasteiger partial charge >= 0.3 is 0 Å². The van der Waals surface area contributed by atoms with Crippen LogP contribution >= 0.6 is 11.3 Å². The molecule has 1 heterocycles. The first kappa shape index (κ1) is 10.3. The molecule has 0 bridgehead atoms. The van der Waals surface area contributed by atoms with Crippen LogP contribution in [0.1, 0.15) is 11.1 Å². The fraction of sp³-hybridized carbons (Fsp3) is 0.167. The van der Waals surface area contributed by atoms with Crippen molar-refractivity contribution in [3.8, 4) is 10.4 Å². The Kier molecular flexibility index (Phi) is 2.84. The van der Waals surface area contributed by atoms with Crippen molar-refractivity contribution in [2.75, 3.05) is 0 Å². The first-order valence-corrected chi connectivity index (χ1v) is 5.53. The second-order valence-electron chi connectivity index (χ2n) is 3.45. The molecule has 0 radical (unpaired) electrons. The Balaban J connectivity index is 2.42. The van der Waals surface area contributed by atoms with Gasteiger partial charge in [-0.15, -0.1) is 11.3 Å². The van der Waals surface area contributed by atoms with E-state index in [2.05, 4.69) is 0 Å². The third-order valence-electron chi connectivity index (χ3n) is 2.24. The predicted octanol–water partition coefficient (Wildman–Crippen LogP) is 3.35. The van der Waals surface area contributed by atoms with Crippen LogP contribution in [0.25, 0.3) is 10.4 Å². The van der Waals surface area contributed by atoms with Crippen molar-refractivity contribution in [3.63, 3.8) is 0 Å². The van der Waals surface area contributed by atoms with Crippen molar-refractivity contribution in [3.05, 3.63) is 46.6 Å². The van der Waals surface area contributed by atoms with Gasteiger partial charge in [-0.1, -0.05) is 12.1 Å². The minimum absolute atomic E-state index is 0.254. The van der Waals surface area contributed by atoms with Gasteiger partial charge in [0.2, 0.25) is 0 Å². The molecule has 0 aliphatic heterocycles. The lowest BCUT2D eigenvalue weighted by atomic mass is 10.1. The molecule has 2 aromatic rings. The molecule has 3 heteroatoms. The molecule has 0 saturated heterocycles. The van der Waals surface area contributed by atoms with E-state index < -0.39 is 0 Å². The van der Waals surface area contributed by atoms with Crippen molar-refractivity contribution in [1.82, 2.24) is 0 Å². The molecule has 15 heavy (non-hydrogen) atoms. The van der Waals surface area contributed by atoms with Gasteiger partial charge < -0.3 is 5.11 Å². The van der Waals surface area contributed by atoms with E-state index in [0.29, 0.717) is 5.56 Å². The van der Waals surface area contributed by atoms with E-state index in [9.17, 15) is 4.39 Å². The third kappa shape index (κ3) is 2.08. The monoisotopic (exact) mass is 222 g/mol. The Hall–Kier alpha value is -1.19. The lowest BCUT2D eigenvalue weighted by Crippen LogP contribution is -1.89. The molecule has 2 rings (SSSR count). The van der Waals surface area contributed by atoms with E-state index in [1.807, 2.05) is 24.4 Å². The zero-order chi connectivity index (χ0) is 10.8. The Labute approximate surface area is 91.8 Å². The molecule has 0 aliphatic rings. The molecule has 0 saturated carbocycles. The van der Waals surface area contributed by atoms with E-state index in [1.165, 1.54) is 11.6 Å². The van der Waals surface area contributed by atoms with E-state index in [1.54, 1.807) is 17.4 Å². The maximum Gasteiger partial charge on any atom is 0.129 e. The maximum atomic E-state index is 13.4. The third-order valence-corrected chi connectivity index (χ3v) is 3.34. The molecule has 1 N–H and O–H groups in total. The van der Waals surface area contributed by atoms with Gasteiger partial charge in [-0.3, -0.25) is 0 Å². The normalized spacial score (nSPS) is 10.6. The minimum atomic E-state index is -0.346. The molecule has 0 atom stereocenters. The van der Waals surface area contributed by atoms with Crippen molar-refractivity contribution in [2.45, 2.75) is 13.5 Å². The number of hydrogen-bond acceptors (Lipinski definition) is 2. The fourth-order valence-corrected chi connectivity index (χ4v) is 2.31. The van der Waals surface area contributed by atoms with Crippen LogP contribution in [0, 0.1) is 12.7 Å². The number of hydrogen-bond donors (Lipinski definition) is 1. The summed E-state index contributed by atoms with van der Waals surface area (Å²) in [5, 5.41) is 10.9. The molecule has 0 spiro atoms. The minimum Gasteiger partial charge on any atom is -0.392 e. The average Bonchev–Trinajstić information content (AvgIpc) is 2.65. The summed E-state index contributed by atoms with van der Waals surface area (Å²) in [6.45, 7) is 1.76. The molecular formula is C12H11FOS. The molecule has 0 aliphatic carbocycles. The highest BCUT2D eigenvalue weighted by Crippen LogP contribution is 2.28. The molecule has 78 valence electrons. The number of rotatable bonds is 2. The van der Waals surface area contributed by atoms with Crippen molar-refractivity contribution in [2.24, 2.45) is 0 Å². The number of thiophene rings is 1. The summed E-state index contributed by atoms with van der Waals surface area (Å²) in [4.78, 5) is 1.05. The van der Waals surface area contributed by atoms with E-state index in [4.69, 9.17) is 5.11 Å². The molecule has 1 aromatic carbocycles. The Morgan fingerprint density at radius 1 is 1.33 bits per heavy atom. The van der Waals surface area contributed by atoms with Crippen LogP contribution in [0.5, 0.6) is 0 Å². The Morgan fingerprint density at radius 3 is 2.67 bits per heavy atom. The SMILES string of the molecule is Cc1csc(-c2ccc(CO)c(F)c2)c1. The second-order valence-corrected chi connectivity index (χ2v) is 4.36. The summed E-state index contributed by atoms with van der Waals surface area (Å²) >= 11 is 1.60. The van der Waals surface area contributed by atoms with E-state index >= 15 is 0 Å². The van der Waals surface area contributed by atoms with Crippen LogP contribution < -0.4 is 0 Å². The highest BCUT2D eigenvalue weighted by Gasteiger charge is 2.05. The van der Waals surface area contributed by atoms with Crippen molar-refractivity contribution < 1.29 is 9.50 Å². The number of aliphatic hydroxyl groups excluding tert-OH is 1. The lowest BCUT2D eigenvalue weighted by molar-refractivity contribution is 0.276. The number of halogens is 1. The summed E-state index contributed by atoms with van der Waals surface area (Å²) in [5.41, 5.74) is 2.39. The van der Waals surface area contributed by atoms with Gasteiger partial charge in [-0.2, -0.15) is 0 Å². The van der Waals surface area contributed by atoms with Crippen LogP contribution in [0.15, 0.2) is 29.6 Å². The standard InChI is InChI=1S/C12H11FOS/c1-8-4-12(15-7-8)9-2-3-10(6-14)11(13)5-9/h2-5,7,14H,6H2,1H3. The molecular weight excluding hydrogens is 211 g/mol. The van der Waals surface area contributed by atoms with Crippen LogP contribution in [0.2, 0.25) is 0 Å². The van der Waals surface area contributed by atoms with Crippen LogP contribution in [0.4, 0.5) is 4.39 Å². The van der Waals surface area contributed by atoms with Gasteiger partial charge in [-0.05, 0) is 35.6 Å². The quantitative estimate of drug-likeness (QED) is 0.826. The number of benzene rings is 1. The van der Waals surface area contributed by atoms with Gasteiger partial charge in [0.1, 0.15) is 5.82 Å². The van der Waals surface area contributed by atoms with Gasteiger partial charge in [0.05, 0.1) is 6.61 Å². The largest absolute Gasteiger partial charge is 0.392 e. The van der Waals surface area contributed by atoms with E-state index in [-0.39, 0.29) is 12.4 Å². The van der Waals surface area contributed by atoms with Crippen molar-refractivity contribution >= 4 is 11.3 Å². The van der Waals surface area contributed by atoms with Gasteiger partial charge in [0.15, 0.2) is 0 Å². The van der Waals surface area contributed by atoms with Crippen LogP contribution in [0.3, 0.4) is 0 Å². The first-order chi connectivity index (χ1) is 7.20. The summed E-state index contributed by atoms with van der Waals surface area (Å²) in [5.74, 6) is -0.346. The summed E-state index contributed by atoms with van der Waals surface area (Å²) in [6.07, 6.45) is 0. The topological polar surface area (TPSA) is 20.2 Å². The molecule has 1 aromatic heterocycles. The zero-order valence-electron chi connectivity index (χ0n) is 8.33. The van der Waals surface area contributed by atoms with Gasteiger partial charge in [0.25, 0.3) is 0 Å². The van der Waals surface area contributed by atoms with Crippen molar-refractivity contribution in [1.29, 1.82) is 0 Å². The molecule has 0 unspecified atom stereocenters. The van der Waals surface area contributed by atoms with Crippen LogP contribution in [-0.2, 0) is 6.61 Å². The average molecular weight is 222 g/mol. The lowest BCUT2D eigenvalue weighted by Gasteiger charge is -2.01. The Bertz CT molecular complexity index is 476. The summed E-state index contributed by atoms with van der Waals surface area (Å²) < 4.78 is 13.4. The zero-order valence-corrected chi connectivity index (χ0v) is 9.14. The number of aliphatic hydroxyl groups is 1. The highest BCUT2D eigenvalue weighted by atomic mass is 32.1. The molecule has 0 fully saturated rings. The Morgan fingerprint density at radius 2 is 2.13 bits per heavy atom. The maximum absolute atomic E-state index is 13.4. The highest BCUT2D eigenvalue weighted by molar-refractivity contribution is 7.13. The molecule has 0 amide bonds. The molecule has 1 nitrogen and oxygen atoms in total. The first-order valence-electron chi connectivity index (χ1n) is 4.65. The summed E-state index contributed by atoms with van der Waals surface area (Å²) in [7, 11) is 0.